The number of non-ortho nitro benzene ring substituents is 1. The van der Waals surface area contributed by atoms with Crippen molar-refractivity contribution in [2.45, 2.75) is 20.0 Å². The first-order valence-corrected chi connectivity index (χ1v) is 7.82. The number of ether oxygens (including phenoxy) is 1. The Balaban J connectivity index is 1.82. The monoisotopic (exact) mass is 321 g/mol. The molecule has 1 fully saturated rings. The summed E-state index contributed by atoms with van der Waals surface area (Å²) in [6, 6.07) is 5.58. The van der Waals surface area contributed by atoms with Gasteiger partial charge in [-0.05, 0) is 18.1 Å². The molecule has 0 aromatic heterocycles. The van der Waals surface area contributed by atoms with Crippen LogP contribution in [-0.2, 0) is 4.74 Å². The largest absolute Gasteiger partial charge is 0.374 e. The SMILES string of the molecule is CC(C)CN1CCO[C@@H](CNC(=O)c2ccc([N+](=O)[O-])cc2)C1. The maximum atomic E-state index is 12.1. The van der Waals surface area contributed by atoms with Gasteiger partial charge in [-0.25, -0.2) is 0 Å². The van der Waals surface area contributed by atoms with Gasteiger partial charge in [0.2, 0.25) is 0 Å². The molecule has 23 heavy (non-hydrogen) atoms. The number of nitro benzene ring substituents is 1. The van der Waals surface area contributed by atoms with E-state index in [9.17, 15) is 14.9 Å². The second-order valence-corrected chi connectivity index (χ2v) is 6.16. The van der Waals surface area contributed by atoms with E-state index in [1.165, 1.54) is 24.3 Å². The summed E-state index contributed by atoms with van der Waals surface area (Å²) in [7, 11) is 0. The smallest absolute Gasteiger partial charge is 0.269 e. The minimum atomic E-state index is -0.485. The lowest BCUT2D eigenvalue weighted by Crippen LogP contribution is -2.48. The van der Waals surface area contributed by atoms with Crippen molar-refractivity contribution >= 4 is 11.6 Å². The highest BCUT2D eigenvalue weighted by atomic mass is 16.6. The van der Waals surface area contributed by atoms with Gasteiger partial charge >= 0.3 is 0 Å². The quantitative estimate of drug-likeness (QED) is 0.636. The van der Waals surface area contributed by atoms with Gasteiger partial charge in [0.1, 0.15) is 0 Å². The Kier molecular flexibility index (Phi) is 6.06. The molecule has 0 unspecified atom stereocenters. The topological polar surface area (TPSA) is 84.7 Å². The first kappa shape index (κ1) is 17.4. The van der Waals surface area contributed by atoms with Gasteiger partial charge in [-0.15, -0.1) is 0 Å². The summed E-state index contributed by atoms with van der Waals surface area (Å²) in [5.41, 5.74) is 0.381. The van der Waals surface area contributed by atoms with Crippen LogP contribution in [0.5, 0.6) is 0 Å². The summed E-state index contributed by atoms with van der Waals surface area (Å²) in [6.07, 6.45) is -0.0236. The molecule has 126 valence electrons. The van der Waals surface area contributed by atoms with Gasteiger partial charge < -0.3 is 10.1 Å². The minimum absolute atomic E-state index is 0.0236. The third-order valence-electron chi connectivity index (χ3n) is 3.68. The lowest BCUT2D eigenvalue weighted by atomic mass is 10.1. The molecule has 1 aliphatic heterocycles. The van der Waals surface area contributed by atoms with Crippen LogP contribution in [0, 0.1) is 16.0 Å². The highest BCUT2D eigenvalue weighted by Crippen LogP contribution is 2.12. The Bertz CT molecular complexity index is 545. The molecule has 0 spiro atoms. The van der Waals surface area contributed by atoms with Crippen LogP contribution in [0.2, 0.25) is 0 Å². The zero-order valence-electron chi connectivity index (χ0n) is 13.5. The van der Waals surface area contributed by atoms with E-state index in [2.05, 4.69) is 24.1 Å². The summed E-state index contributed by atoms with van der Waals surface area (Å²) in [5.74, 6) is 0.355. The summed E-state index contributed by atoms with van der Waals surface area (Å²) in [4.78, 5) is 24.5. The minimum Gasteiger partial charge on any atom is -0.374 e. The van der Waals surface area contributed by atoms with E-state index >= 15 is 0 Å². The number of carbonyl (C=O) groups is 1. The normalized spacial score (nSPS) is 18.8. The van der Waals surface area contributed by atoms with Crippen LogP contribution >= 0.6 is 0 Å². The molecule has 1 N–H and O–H groups in total. The Morgan fingerprint density at radius 2 is 2.13 bits per heavy atom. The molecule has 0 saturated carbocycles. The van der Waals surface area contributed by atoms with Gasteiger partial charge in [0.05, 0.1) is 17.6 Å². The van der Waals surface area contributed by atoms with Crippen LogP contribution < -0.4 is 5.32 Å². The lowest BCUT2D eigenvalue weighted by molar-refractivity contribution is -0.384. The summed E-state index contributed by atoms with van der Waals surface area (Å²) >= 11 is 0. The van der Waals surface area contributed by atoms with Crippen molar-refractivity contribution in [1.82, 2.24) is 10.2 Å². The van der Waals surface area contributed by atoms with Crippen molar-refractivity contribution in [2.75, 3.05) is 32.8 Å². The fraction of sp³-hybridized carbons (Fsp3) is 0.562. The molecule has 7 heteroatoms. The second-order valence-electron chi connectivity index (χ2n) is 6.16. The lowest BCUT2D eigenvalue weighted by Gasteiger charge is -2.33. The zero-order chi connectivity index (χ0) is 16.8. The average Bonchev–Trinajstić information content (AvgIpc) is 2.52. The van der Waals surface area contributed by atoms with Crippen LogP contribution in [0.15, 0.2) is 24.3 Å². The standard InChI is InChI=1S/C16H23N3O4/c1-12(2)10-18-7-8-23-15(11-18)9-17-16(20)13-3-5-14(6-4-13)19(21)22/h3-6,12,15H,7-11H2,1-2H3,(H,17,20)/t15-/m0/s1. The van der Waals surface area contributed by atoms with E-state index in [0.29, 0.717) is 24.6 Å². The number of nitrogens with one attached hydrogen (secondary N) is 1. The highest BCUT2D eigenvalue weighted by molar-refractivity contribution is 5.94. The maximum Gasteiger partial charge on any atom is 0.269 e. The number of benzene rings is 1. The number of amides is 1. The molecule has 1 saturated heterocycles. The van der Waals surface area contributed by atoms with E-state index < -0.39 is 4.92 Å². The first-order valence-electron chi connectivity index (χ1n) is 7.82. The highest BCUT2D eigenvalue weighted by Gasteiger charge is 2.21. The molecular formula is C16H23N3O4. The Morgan fingerprint density at radius 1 is 1.43 bits per heavy atom. The number of carbonyl (C=O) groups excluding carboxylic acids is 1. The summed E-state index contributed by atoms with van der Waals surface area (Å²) in [5, 5.41) is 13.4. The molecule has 1 aromatic carbocycles. The molecule has 1 atom stereocenters. The van der Waals surface area contributed by atoms with Crippen molar-refractivity contribution < 1.29 is 14.5 Å². The predicted octanol–water partition coefficient (Wildman–Crippen LogP) is 1.68. The van der Waals surface area contributed by atoms with E-state index in [0.717, 1.165) is 19.6 Å². The van der Waals surface area contributed by atoms with Crippen molar-refractivity contribution in [2.24, 2.45) is 5.92 Å². The predicted molar refractivity (Wildman–Crippen MR) is 86.4 cm³/mol. The van der Waals surface area contributed by atoms with E-state index in [1.54, 1.807) is 0 Å². The van der Waals surface area contributed by atoms with Gasteiger partial charge in [-0.3, -0.25) is 19.8 Å². The molecule has 2 rings (SSSR count). The fourth-order valence-electron chi connectivity index (χ4n) is 2.63. The Morgan fingerprint density at radius 3 is 2.74 bits per heavy atom. The Hall–Kier alpha value is -1.99. The molecule has 1 aliphatic rings. The number of morpholine rings is 1. The molecular weight excluding hydrogens is 298 g/mol. The summed E-state index contributed by atoms with van der Waals surface area (Å²) in [6.45, 7) is 8.22. The van der Waals surface area contributed by atoms with Crippen LogP contribution in [0.3, 0.4) is 0 Å². The van der Waals surface area contributed by atoms with Gasteiger partial charge in [0.15, 0.2) is 0 Å². The number of hydrogen-bond donors (Lipinski definition) is 1. The Labute approximate surface area is 135 Å². The summed E-state index contributed by atoms with van der Waals surface area (Å²) < 4.78 is 5.68. The molecule has 1 amide bonds. The van der Waals surface area contributed by atoms with Crippen molar-refractivity contribution in [3.05, 3.63) is 39.9 Å². The second kappa shape index (κ2) is 8.03. The fourth-order valence-corrected chi connectivity index (χ4v) is 2.63. The number of nitrogens with zero attached hydrogens (tertiary/aromatic N) is 2. The van der Waals surface area contributed by atoms with Crippen LogP contribution in [0.4, 0.5) is 5.69 Å². The van der Waals surface area contributed by atoms with Crippen LogP contribution in [-0.4, -0.2) is 54.6 Å². The molecule has 0 bridgehead atoms. The van der Waals surface area contributed by atoms with Crippen LogP contribution in [0.1, 0.15) is 24.2 Å². The van der Waals surface area contributed by atoms with E-state index in [4.69, 9.17) is 4.74 Å². The molecule has 1 heterocycles. The number of hydrogen-bond acceptors (Lipinski definition) is 5. The van der Waals surface area contributed by atoms with Gasteiger partial charge in [0.25, 0.3) is 11.6 Å². The molecule has 7 nitrogen and oxygen atoms in total. The third-order valence-corrected chi connectivity index (χ3v) is 3.68. The van der Waals surface area contributed by atoms with E-state index in [1.807, 2.05) is 0 Å². The first-order chi connectivity index (χ1) is 11.0. The van der Waals surface area contributed by atoms with E-state index in [-0.39, 0.29) is 17.7 Å². The van der Waals surface area contributed by atoms with Gasteiger partial charge in [0, 0.05) is 43.9 Å². The van der Waals surface area contributed by atoms with Crippen LogP contribution in [0.25, 0.3) is 0 Å². The number of nitro groups is 1. The third kappa shape index (κ3) is 5.30. The zero-order valence-corrected chi connectivity index (χ0v) is 13.5. The molecule has 0 aliphatic carbocycles. The van der Waals surface area contributed by atoms with Gasteiger partial charge in [-0.2, -0.15) is 0 Å². The van der Waals surface area contributed by atoms with Crippen molar-refractivity contribution in [3.8, 4) is 0 Å². The number of rotatable bonds is 6. The molecule has 1 aromatic rings. The van der Waals surface area contributed by atoms with Gasteiger partial charge in [-0.1, -0.05) is 13.8 Å². The van der Waals surface area contributed by atoms with Crippen molar-refractivity contribution in [1.29, 1.82) is 0 Å². The van der Waals surface area contributed by atoms with Crippen molar-refractivity contribution in [3.63, 3.8) is 0 Å². The average molecular weight is 321 g/mol. The molecule has 0 radical (unpaired) electrons. The maximum absolute atomic E-state index is 12.1.